The van der Waals surface area contributed by atoms with Gasteiger partial charge in [-0.25, -0.2) is 4.39 Å². The number of halogens is 1. The molecule has 2 aromatic carbocycles. The van der Waals surface area contributed by atoms with Crippen LogP contribution in [0.2, 0.25) is 0 Å². The van der Waals surface area contributed by atoms with E-state index in [9.17, 15) is 4.39 Å². The molecule has 0 saturated heterocycles. The normalized spacial score (nSPS) is 12.5. The maximum atomic E-state index is 14.7. The summed E-state index contributed by atoms with van der Waals surface area (Å²) in [6, 6.07) is 15.3. The number of hydrogen-bond acceptors (Lipinski definition) is 2. The lowest BCUT2D eigenvalue weighted by atomic mass is 9.95. The first-order valence-corrected chi connectivity index (χ1v) is 8.89. The molecular weight excluding hydrogens is 333 g/mol. The molecule has 3 nitrogen and oxygen atoms in total. The van der Waals surface area contributed by atoms with E-state index in [4.69, 9.17) is 12.2 Å². The SMILES string of the molecule is CC(C)Cc1ccc(C(C)c2n[nH]c(=S)n2-c2ccccc2)c(F)c1. The minimum absolute atomic E-state index is 0.195. The van der Waals surface area contributed by atoms with Gasteiger partial charge in [0.15, 0.2) is 4.77 Å². The quantitative estimate of drug-likeness (QED) is 0.620. The van der Waals surface area contributed by atoms with Crippen LogP contribution < -0.4 is 0 Å². The van der Waals surface area contributed by atoms with Crippen LogP contribution in [0.5, 0.6) is 0 Å². The zero-order valence-electron chi connectivity index (χ0n) is 14.7. The van der Waals surface area contributed by atoms with Crippen molar-refractivity contribution >= 4 is 12.2 Å². The summed E-state index contributed by atoms with van der Waals surface area (Å²) in [5.74, 6) is 0.782. The van der Waals surface area contributed by atoms with Crippen molar-refractivity contribution in [2.75, 3.05) is 0 Å². The number of nitrogens with one attached hydrogen (secondary N) is 1. The van der Waals surface area contributed by atoms with Crippen molar-refractivity contribution in [2.24, 2.45) is 5.92 Å². The Hall–Kier alpha value is -2.27. The lowest BCUT2D eigenvalue weighted by molar-refractivity contribution is 0.587. The number of aromatic nitrogens is 3. The van der Waals surface area contributed by atoms with Crippen LogP contribution >= 0.6 is 12.2 Å². The third-order valence-electron chi connectivity index (χ3n) is 4.28. The first kappa shape index (κ1) is 17.5. The van der Waals surface area contributed by atoms with E-state index in [1.807, 2.05) is 54.0 Å². The van der Waals surface area contributed by atoms with Crippen LogP contribution in [0.15, 0.2) is 48.5 Å². The number of nitrogens with zero attached hydrogens (tertiary/aromatic N) is 2. The van der Waals surface area contributed by atoms with Gasteiger partial charge < -0.3 is 0 Å². The number of para-hydroxylation sites is 1. The highest BCUT2D eigenvalue weighted by atomic mass is 32.1. The van der Waals surface area contributed by atoms with Gasteiger partial charge in [-0.3, -0.25) is 9.67 Å². The Bertz CT molecular complexity index is 912. The van der Waals surface area contributed by atoms with Crippen LogP contribution in [0.4, 0.5) is 4.39 Å². The molecule has 3 rings (SSSR count). The lowest BCUT2D eigenvalue weighted by Gasteiger charge is -2.15. The van der Waals surface area contributed by atoms with Gasteiger partial charge in [-0.15, -0.1) is 0 Å². The topological polar surface area (TPSA) is 33.6 Å². The molecule has 3 aromatic rings. The van der Waals surface area contributed by atoms with Gasteiger partial charge in [0.1, 0.15) is 11.6 Å². The van der Waals surface area contributed by atoms with E-state index in [-0.39, 0.29) is 11.7 Å². The van der Waals surface area contributed by atoms with Crippen LogP contribution in [0.25, 0.3) is 5.69 Å². The first-order chi connectivity index (χ1) is 12.0. The average molecular weight is 355 g/mol. The van der Waals surface area contributed by atoms with Crippen molar-refractivity contribution in [3.63, 3.8) is 0 Å². The third-order valence-corrected chi connectivity index (χ3v) is 4.55. The molecule has 0 fully saturated rings. The zero-order valence-corrected chi connectivity index (χ0v) is 15.5. The molecule has 1 heterocycles. The fraction of sp³-hybridized carbons (Fsp3) is 0.300. The number of aromatic amines is 1. The molecule has 1 aromatic heterocycles. The molecule has 0 aliphatic heterocycles. The smallest absolute Gasteiger partial charge is 0.199 e. The standard InChI is InChI=1S/C20H22FN3S/c1-13(2)11-15-9-10-17(18(21)12-15)14(3)19-22-23-20(25)24(19)16-7-5-4-6-8-16/h4-10,12-14H,11H2,1-3H3,(H,23,25). The van der Waals surface area contributed by atoms with Crippen molar-refractivity contribution < 1.29 is 4.39 Å². The van der Waals surface area contributed by atoms with Gasteiger partial charge in [-0.2, -0.15) is 5.10 Å². The van der Waals surface area contributed by atoms with Crippen LogP contribution in [-0.4, -0.2) is 14.8 Å². The average Bonchev–Trinajstić information content (AvgIpc) is 2.96. The summed E-state index contributed by atoms with van der Waals surface area (Å²) in [5.41, 5.74) is 2.56. The van der Waals surface area contributed by atoms with Gasteiger partial charge in [0.2, 0.25) is 0 Å². The third kappa shape index (κ3) is 3.71. The van der Waals surface area contributed by atoms with E-state index in [2.05, 4.69) is 24.0 Å². The molecule has 1 atom stereocenters. The first-order valence-electron chi connectivity index (χ1n) is 8.48. The summed E-state index contributed by atoms with van der Waals surface area (Å²) in [5, 5.41) is 7.20. The Labute approximate surface area is 152 Å². The molecule has 1 unspecified atom stereocenters. The van der Waals surface area contributed by atoms with E-state index >= 15 is 0 Å². The highest BCUT2D eigenvalue weighted by Crippen LogP contribution is 2.28. The van der Waals surface area contributed by atoms with Gasteiger partial charge in [0.25, 0.3) is 0 Å². The molecule has 0 spiro atoms. The number of rotatable bonds is 5. The fourth-order valence-corrected chi connectivity index (χ4v) is 3.33. The van der Waals surface area contributed by atoms with Gasteiger partial charge >= 0.3 is 0 Å². The Morgan fingerprint density at radius 1 is 1.12 bits per heavy atom. The molecule has 25 heavy (non-hydrogen) atoms. The minimum atomic E-state index is -0.221. The van der Waals surface area contributed by atoms with E-state index in [0.717, 1.165) is 17.7 Å². The maximum absolute atomic E-state index is 14.7. The Morgan fingerprint density at radius 2 is 1.84 bits per heavy atom. The van der Waals surface area contributed by atoms with E-state index in [1.165, 1.54) is 0 Å². The summed E-state index contributed by atoms with van der Waals surface area (Å²) >= 11 is 5.38. The molecule has 0 aliphatic carbocycles. The van der Waals surface area contributed by atoms with E-state index in [1.54, 1.807) is 6.07 Å². The Morgan fingerprint density at radius 3 is 2.48 bits per heavy atom. The number of hydrogen-bond donors (Lipinski definition) is 1. The van der Waals surface area contributed by atoms with Crippen LogP contribution in [-0.2, 0) is 6.42 Å². The monoisotopic (exact) mass is 355 g/mol. The van der Waals surface area contributed by atoms with Gasteiger partial charge in [-0.1, -0.05) is 51.1 Å². The van der Waals surface area contributed by atoms with Crippen molar-refractivity contribution in [3.05, 3.63) is 76.1 Å². The van der Waals surface area contributed by atoms with E-state index in [0.29, 0.717) is 22.1 Å². The van der Waals surface area contributed by atoms with Gasteiger partial charge in [0, 0.05) is 11.6 Å². The van der Waals surface area contributed by atoms with Crippen LogP contribution in [0.1, 0.15) is 43.6 Å². The number of benzene rings is 2. The molecule has 5 heteroatoms. The Kier molecular flexibility index (Phi) is 5.13. The van der Waals surface area contributed by atoms with Crippen molar-refractivity contribution in [1.82, 2.24) is 14.8 Å². The summed E-state index contributed by atoms with van der Waals surface area (Å²) in [6.45, 7) is 6.21. The minimum Gasteiger partial charge on any atom is -0.272 e. The molecule has 130 valence electrons. The van der Waals surface area contributed by atoms with E-state index < -0.39 is 0 Å². The fourth-order valence-electron chi connectivity index (χ4n) is 3.09. The summed E-state index contributed by atoms with van der Waals surface area (Å²) in [6.07, 6.45) is 0.869. The number of H-pyrrole nitrogens is 1. The van der Waals surface area contributed by atoms with Crippen molar-refractivity contribution in [1.29, 1.82) is 0 Å². The summed E-state index contributed by atoms with van der Waals surface area (Å²) in [4.78, 5) is 0. The molecule has 0 saturated carbocycles. The Balaban J connectivity index is 2.00. The molecular formula is C20H22FN3S. The molecule has 0 radical (unpaired) electrons. The second kappa shape index (κ2) is 7.31. The van der Waals surface area contributed by atoms with Gasteiger partial charge in [-0.05, 0) is 53.9 Å². The predicted octanol–water partition coefficient (Wildman–Crippen LogP) is 5.42. The second-order valence-corrected chi connectivity index (χ2v) is 7.12. The molecule has 1 N–H and O–H groups in total. The molecule has 0 amide bonds. The largest absolute Gasteiger partial charge is 0.272 e. The highest BCUT2D eigenvalue weighted by Gasteiger charge is 2.20. The summed E-state index contributed by atoms with van der Waals surface area (Å²) in [7, 11) is 0. The van der Waals surface area contributed by atoms with Crippen molar-refractivity contribution in [2.45, 2.75) is 33.1 Å². The lowest BCUT2D eigenvalue weighted by Crippen LogP contribution is -2.09. The maximum Gasteiger partial charge on any atom is 0.199 e. The molecule has 0 bridgehead atoms. The molecule has 0 aliphatic rings. The van der Waals surface area contributed by atoms with Crippen molar-refractivity contribution in [3.8, 4) is 5.69 Å². The predicted molar refractivity (Wildman–Crippen MR) is 101 cm³/mol. The second-order valence-electron chi connectivity index (χ2n) is 6.73. The highest BCUT2D eigenvalue weighted by molar-refractivity contribution is 7.71. The summed E-state index contributed by atoms with van der Waals surface area (Å²) < 4.78 is 17.1. The van der Waals surface area contributed by atoms with Crippen LogP contribution in [0, 0.1) is 16.5 Å². The van der Waals surface area contributed by atoms with Gasteiger partial charge in [0.05, 0.1) is 0 Å². The zero-order chi connectivity index (χ0) is 18.0. The van der Waals surface area contributed by atoms with Crippen LogP contribution in [0.3, 0.4) is 0 Å².